The van der Waals surface area contributed by atoms with Crippen molar-refractivity contribution >= 4 is 15.9 Å². The molecule has 7 heteroatoms. The maximum Gasteiger partial charge on any atom is 0.321 e. The van der Waals surface area contributed by atoms with E-state index < -0.39 is 0 Å². The van der Waals surface area contributed by atoms with Crippen LogP contribution in [0.2, 0.25) is 0 Å². The van der Waals surface area contributed by atoms with E-state index in [1.54, 1.807) is 12.4 Å². The topological polar surface area (TPSA) is 73.9 Å². The minimum atomic E-state index is 0.280. The first-order chi connectivity index (χ1) is 11.2. The third-order valence-electron chi connectivity index (χ3n) is 3.11. The Bertz CT molecular complexity index is 774. The molecule has 0 amide bonds. The number of nitrogens with zero attached hydrogens (tertiary/aromatic N) is 4. The lowest BCUT2D eigenvalue weighted by Crippen LogP contribution is -1.91. The Labute approximate surface area is 142 Å². The molecule has 0 saturated carbocycles. The number of hydrogen-bond acceptors (Lipinski definition) is 6. The molecule has 0 aliphatic heterocycles. The molecule has 6 nitrogen and oxygen atoms in total. The smallest absolute Gasteiger partial charge is 0.321 e. The summed E-state index contributed by atoms with van der Waals surface area (Å²) in [5, 5.41) is 4.02. The maximum atomic E-state index is 5.64. The van der Waals surface area contributed by atoms with Gasteiger partial charge in [-0.25, -0.2) is 9.97 Å². The maximum absolute atomic E-state index is 5.64. The lowest BCUT2D eigenvalue weighted by Gasteiger charge is -2.04. The van der Waals surface area contributed by atoms with Crippen molar-refractivity contribution in [3.63, 3.8) is 0 Å². The van der Waals surface area contributed by atoms with Crippen LogP contribution in [0.5, 0.6) is 11.8 Å². The number of unbranched alkanes of at least 4 members (excludes halogenated alkanes) is 1. The Morgan fingerprint density at radius 3 is 2.83 bits per heavy atom. The summed E-state index contributed by atoms with van der Waals surface area (Å²) in [4.78, 5) is 12.6. The molecule has 2 aromatic heterocycles. The van der Waals surface area contributed by atoms with E-state index in [9.17, 15) is 0 Å². The fourth-order valence-electron chi connectivity index (χ4n) is 1.96. The Morgan fingerprint density at radius 2 is 2.04 bits per heavy atom. The molecule has 118 valence electrons. The second kappa shape index (κ2) is 7.32. The van der Waals surface area contributed by atoms with Crippen molar-refractivity contribution in [3.8, 4) is 23.1 Å². The highest BCUT2D eigenvalue weighted by Crippen LogP contribution is 2.24. The lowest BCUT2D eigenvalue weighted by atomic mass is 10.2. The molecule has 0 unspecified atom stereocenters. The van der Waals surface area contributed by atoms with E-state index in [0.717, 1.165) is 29.3 Å². The summed E-state index contributed by atoms with van der Waals surface area (Å²) in [6.07, 6.45) is 6.18. The molecule has 1 aromatic carbocycles. The third-order valence-corrected chi connectivity index (χ3v) is 3.52. The van der Waals surface area contributed by atoms with Gasteiger partial charge in [0.1, 0.15) is 5.75 Å². The molecular weight excluding hydrogens is 360 g/mol. The fraction of sp³-hybridized carbons (Fsp3) is 0.250. The molecule has 0 aliphatic rings. The van der Waals surface area contributed by atoms with E-state index in [1.807, 2.05) is 24.3 Å². The van der Waals surface area contributed by atoms with Gasteiger partial charge in [0.15, 0.2) is 0 Å². The Kier molecular flexibility index (Phi) is 4.97. The van der Waals surface area contributed by atoms with Crippen molar-refractivity contribution in [3.05, 3.63) is 47.0 Å². The highest BCUT2D eigenvalue weighted by molar-refractivity contribution is 9.10. The molecule has 2 heterocycles. The first-order valence-electron chi connectivity index (χ1n) is 7.33. The molecule has 0 atom stereocenters. The number of aryl methyl sites for hydroxylation is 1. The monoisotopic (exact) mass is 374 g/mol. The van der Waals surface area contributed by atoms with Crippen LogP contribution in [-0.4, -0.2) is 20.1 Å². The zero-order valence-corrected chi connectivity index (χ0v) is 14.2. The van der Waals surface area contributed by atoms with Crippen LogP contribution in [0, 0.1) is 0 Å². The summed E-state index contributed by atoms with van der Waals surface area (Å²) in [6.45, 7) is 2.13. The Balaban J connectivity index is 1.76. The standard InChI is InChI=1S/C16H15BrN4O2/c1-2-3-7-14-20-15(21-23-14)11-5-4-6-13(8-11)22-16-18-9-12(17)10-19-16/h4-6,8-10H,2-3,7H2,1H3. The summed E-state index contributed by atoms with van der Waals surface area (Å²) in [7, 11) is 0. The second-order valence-electron chi connectivity index (χ2n) is 4.93. The predicted octanol–water partition coefficient (Wildman–Crippen LogP) is 4.42. The first kappa shape index (κ1) is 15.6. The van der Waals surface area contributed by atoms with Crippen LogP contribution in [0.25, 0.3) is 11.4 Å². The van der Waals surface area contributed by atoms with Gasteiger partial charge in [0.2, 0.25) is 11.7 Å². The van der Waals surface area contributed by atoms with Gasteiger partial charge in [0.25, 0.3) is 0 Å². The van der Waals surface area contributed by atoms with Gasteiger partial charge in [-0.2, -0.15) is 4.98 Å². The number of rotatable bonds is 6. The molecule has 3 aromatic rings. The Hall–Kier alpha value is -2.28. The van der Waals surface area contributed by atoms with E-state index in [1.165, 1.54) is 0 Å². The molecule has 0 aliphatic carbocycles. The molecular formula is C16H15BrN4O2. The minimum absolute atomic E-state index is 0.280. The van der Waals surface area contributed by atoms with Gasteiger partial charge in [-0.1, -0.05) is 30.6 Å². The summed E-state index contributed by atoms with van der Waals surface area (Å²) in [5.41, 5.74) is 0.825. The average Bonchev–Trinajstić information content (AvgIpc) is 3.04. The van der Waals surface area contributed by atoms with Crippen LogP contribution in [0.15, 0.2) is 45.7 Å². The van der Waals surface area contributed by atoms with Gasteiger partial charge in [0.05, 0.1) is 4.47 Å². The minimum Gasteiger partial charge on any atom is -0.424 e. The summed E-state index contributed by atoms with van der Waals surface area (Å²) >= 11 is 3.29. The number of halogens is 1. The van der Waals surface area contributed by atoms with Crippen LogP contribution in [0.1, 0.15) is 25.7 Å². The van der Waals surface area contributed by atoms with Gasteiger partial charge in [-0.3, -0.25) is 0 Å². The lowest BCUT2D eigenvalue weighted by molar-refractivity contribution is 0.375. The van der Waals surface area contributed by atoms with Crippen LogP contribution in [0.4, 0.5) is 0 Å². The largest absolute Gasteiger partial charge is 0.424 e. The molecule has 3 rings (SSSR count). The van der Waals surface area contributed by atoms with Crippen molar-refractivity contribution in [1.29, 1.82) is 0 Å². The third kappa shape index (κ3) is 4.13. The van der Waals surface area contributed by atoms with E-state index in [-0.39, 0.29) is 6.01 Å². The molecule has 0 radical (unpaired) electrons. The predicted molar refractivity (Wildman–Crippen MR) is 88.2 cm³/mol. The number of aromatic nitrogens is 4. The van der Waals surface area contributed by atoms with Crippen molar-refractivity contribution in [2.75, 3.05) is 0 Å². The van der Waals surface area contributed by atoms with Crippen LogP contribution in [-0.2, 0) is 6.42 Å². The van der Waals surface area contributed by atoms with Crippen molar-refractivity contribution in [1.82, 2.24) is 20.1 Å². The zero-order chi connectivity index (χ0) is 16.1. The van der Waals surface area contributed by atoms with E-state index in [2.05, 4.69) is 43.0 Å². The van der Waals surface area contributed by atoms with Crippen molar-refractivity contribution < 1.29 is 9.26 Å². The molecule has 23 heavy (non-hydrogen) atoms. The molecule has 0 fully saturated rings. The molecule has 0 saturated heterocycles. The average molecular weight is 375 g/mol. The summed E-state index contributed by atoms with van der Waals surface area (Å²) in [5.74, 6) is 1.83. The second-order valence-corrected chi connectivity index (χ2v) is 5.84. The number of hydrogen-bond donors (Lipinski definition) is 0. The van der Waals surface area contributed by atoms with E-state index in [0.29, 0.717) is 17.5 Å². The highest BCUT2D eigenvalue weighted by Gasteiger charge is 2.10. The number of benzene rings is 1. The summed E-state index contributed by atoms with van der Waals surface area (Å²) < 4.78 is 11.7. The van der Waals surface area contributed by atoms with Crippen LogP contribution in [0.3, 0.4) is 0 Å². The molecule has 0 bridgehead atoms. The van der Waals surface area contributed by atoms with E-state index >= 15 is 0 Å². The first-order valence-corrected chi connectivity index (χ1v) is 8.12. The highest BCUT2D eigenvalue weighted by atomic mass is 79.9. The van der Waals surface area contributed by atoms with Crippen molar-refractivity contribution in [2.45, 2.75) is 26.2 Å². The molecule has 0 spiro atoms. The normalized spacial score (nSPS) is 10.7. The summed E-state index contributed by atoms with van der Waals surface area (Å²) in [6, 6.07) is 7.71. The van der Waals surface area contributed by atoms with Gasteiger partial charge in [-0.15, -0.1) is 0 Å². The zero-order valence-electron chi connectivity index (χ0n) is 12.6. The van der Waals surface area contributed by atoms with Gasteiger partial charge in [0, 0.05) is 24.4 Å². The number of ether oxygens (including phenoxy) is 1. The molecule has 0 N–H and O–H groups in total. The van der Waals surface area contributed by atoms with Crippen molar-refractivity contribution in [2.24, 2.45) is 0 Å². The Morgan fingerprint density at radius 1 is 1.22 bits per heavy atom. The van der Waals surface area contributed by atoms with Crippen LogP contribution >= 0.6 is 15.9 Å². The fourth-order valence-corrected chi connectivity index (χ4v) is 2.16. The quantitative estimate of drug-likeness (QED) is 0.635. The van der Waals surface area contributed by atoms with Crippen LogP contribution < -0.4 is 4.74 Å². The van der Waals surface area contributed by atoms with Gasteiger partial charge >= 0.3 is 6.01 Å². The van der Waals surface area contributed by atoms with E-state index in [4.69, 9.17) is 9.26 Å². The SMILES string of the molecule is CCCCc1nc(-c2cccc(Oc3ncc(Br)cn3)c2)no1. The van der Waals surface area contributed by atoms with Gasteiger partial charge in [-0.05, 0) is 34.5 Å². The van der Waals surface area contributed by atoms with Gasteiger partial charge < -0.3 is 9.26 Å².